The number of carbonyl (C=O) groups excluding carboxylic acids is 1. The number of furan rings is 1. The number of methoxy groups -OCH3 is 1. The molecule has 6 heteroatoms. The van der Waals surface area contributed by atoms with Crippen molar-refractivity contribution in [2.24, 2.45) is 0 Å². The molecule has 1 aromatic heterocycles. The average Bonchev–Trinajstić information content (AvgIpc) is 2.94. The van der Waals surface area contributed by atoms with E-state index in [2.05, 4.69) is 21.2 Å². The van der Waals surface area contributed by atoms with Gasteiger partial charge in [0.25, 0.3) is 5.91 Å². The van der Waals surface area contributed by atoms with Gasteiger partial charge < -0.3 is 19.4 Å². The Morgan fingerprint density at radius 3 is 2.73 bits per heavy atom. The Bertz CT molecular complexity index is 640. The number of ether oxygens (including phenoxy) is 1. The van der Waals surface area contributed by atoms with E-state index in [0.717, 1.165) is 11.3 Å². The molecule has 0 aliphatic heterocycles. The second-order valence-electron chi connectivity index (χ2n) is 5.07. The van der Waals surface area contributed by atoms with Gasteiger partial charge in [-0.15, -0.1) is 0 Å². The van der Waals surface area contributed by atoms with E-state index >= 15 is 0 Å². The monoisotopic (exact) mass is 366 g/mol. The molecule has 0 aliphatic carbocycles. The van der Waals surface area contributed by atoms with Gasteiger partial charge in [0.05, 0.1) is 13.2 Å². The molecule has 22 heavy (non-hydrogen) atoms. The zero-order valence-electron chi connectivity index (χ0n) is 12.8. The van der Waals surface area contributed by atoms with E-state index in [9.17, 15) is 4.79 Å². The van der Waals surface area contributed by atoms with Gasteiger partial charge in [-0.05, 0) is 59.9 Å². The second kappa shape index (κ2) is 7.47. The van der Waals surface area contributed by atoms with Crippen molar-refractivity contribution in [1.29, 1.82) is 0 Å². The fraction of sp³-hybridized carbons (Fsp3) is 0.312. The van der Waals surface area contributed by atoms with Gasteiger partial charge >= 0.3 is 0 Å². The Morgan fingerprint density at radius 1 is 1.36 bits per heavy atom. The summed E-state index contributed by atoms with van der Waals surface area (Å²) in [7, 11) is 5.58. The Balaban J connectivity index is 2.07. The van der Waals surface area contributed by atoms with Crippen LogP contribution in [0.1, 0.15) is 22.2 Å². The Labute approximate surface area is 138 Å². The van der Waals surface area contributed by atoms with Gasteiger partial charge in [0.1, 0.15) is 5.75 Å². The fourth-order valence-electron chi connectivity index (χ4n) is 2.16. The second-order valence-corrected chi connectivity index (χ2v) is 5.85. The molecule has 0 fully saturated rings. The molecule has 2 aromatic rings. The third-order valence-corrected chi connectivity index (χ3v) is 3.78. The first-order valence-electron chi connectivity index (χ1n) is 6.85. The maximum Gasteiger partial charge on any atom is 0.287 e. The molecular weight excluding hydrogens is 348 g/mol. The number of rotatable bonds is 6. The maximum absolute atomic E-state index is 12.1. The molecule has 1 heterocycles. The normalized spacial score (nSPS) is 12.2. The maximum atomic E-state index is 12.1. The van der Waals surface area contributed by atoms with Crippen molar-refractivity contribution in [1.82, 2.24) is 10.2 Å². The highest BCUT2D eigenvalue weighted by molar-refractivity contribution is 9.10. The molecule has 0 radical (unpaired) electrons. The van der Waals surface area contributed by atoms with E-state index < -0.39 is 0 Å². The van der Waals surface area contributed by atoms with E-state index in [-0.39, 0.29) is 17.7 Å². The lowest BCUT2D eigenvalue weighted by Gasteiger charge is -2.25. The fourth-order valence-corrected chi connectivity index (χ4v) is 2.47. The molecule has 1 unspecified atom stereocenters. The van der Waals surface area contributed by atoms with E-state index in [4.69, 9.17) is 9.15 Å². The van der Waals surface area contributed by atoms with Crippen LogP contribution in [0.5, 0.6) is 5.75 Å². The average molecular weight is 367 g/mol. The lowest BCUT2D eigenvalue weighted by molar-refractivity contribution is 0.0913. The third-order valence-electron chi connectivity index (χ3n) is 3.35. The minimum Gasteiger partial charge on any atom is -0.497 e. The van der Waals surface area contributed by atoms with Crippen molar-refractivity contribution in [3.63, 3.8) is 0 Å². The first-order valence-corrected chi connectivity index (χ1v) is 7.64. The van der Waals surface area contributed by atoms with Gasteiger partial charge in [-0.2, -0.15) is 0 Å². The summed E-state index contributed by atoms with van der Waals surface area (Å²) in [5.74, 6) is 0.848. The largest absolute Gasteiger partial charge is 0.497 e. The minimum atomic E-state index is -0.236. The Morgan fingerprint density at radius 2 is 2.14 bits per heavy atom. The van der Waals surface area contributed by atoms with Crippen molar-refractivity contribution in [3.8, 4) is 5.75 Å². The smallest absolute Gasteiger partial charge is 0.287 e. The molecule has 1 N–H and O–H groups in total. The van der Waals surface area contributed by atoms with Crippen LogP contribution < -0.4 is 10.1 Å². The van der Waals surface area contributed by atoms with Gasteiger partial charge in [0.15, 0.2) is 10.4 Å². The van der Waals surface area contributed by atoms with Gasteiger partial charge in [0.2, 0.25) is 0 Å². The molecule has 1 atom stereocenters. The van der Waals surface area contributed by atoms with E-state index in [1.165, 1.54) is 0 Å². The van der Waals surface area contributed by atoms with Gasteiger partial charge in [-0.3, -0.25) is 4.79 Å². The topological polar surface area (TPSA) is 54.7 Å². The summed E-state index contributed by atoms with van der Waals surface area (Å²) in [6.07, 6.45) is 0. The summed E-state index contributed by atoms with van der Waals surface area (Å²) < 4.78 is 11.0. The zero-order chi connectivity index (χ0) is 16.1. The Kier molecular flexibility index (Phi) is 5.63. The minimum absolute atomic E-state index is 0.0393. The Hall–Kier alpha value is -1.79. The van der Waals surface area contributed by atoms with Crippen LogP contribution in [-0.4, -0.2) is 38.6 Å². The van der Waals surface area contributed by atoms with Crippen LogP contribution in [0, 0.1) is 0 Å². The summed E-state index contributed by atoms with van der Waals surface area (Å²) >= 11 is 3.19. The molecule has 0 spiro atoms. The predicted molar refractivity (Wildman–Crippen MR) is 88.2 cm³/mol. The highest BCUT2D eigenvalue weighted by Crippen LogP contribution is 2.22. The molecule has 0 saturated carbocycles. The first kappa shape index (κ1) is 16.6. The third kappa shape index (κ3) is 4.11. The van der Waals surface area contributed by atoms with Crippen LogP contribution in [0.25, 0.3) is 0 Å². The standard InChI is InChI=1S/C16H19BrN2O3/c1-19(2)13(11-5-4-6-12(9-11)21-3)10-18-16(20)14-7-8-15(17)22-14/h4-9,13H,10H2,1-3H3,(H,18,20). The van der Waals surface area contributed by atoms with Crippen molar-refractivity contribution in [2.45, 2.75) is 6.04 Å². The molecule has 1 aromatic carbocycles. The quantitative estimate of drug-likeness (QED) is 0.853. The summed E-state index contributed by atoms with van der Waals surface area (Å²) in [4.78, 5) is 14.1. The van der Waals surface area contributed by atoms with E-state index in [1.54, 1.807) is 19.2 Å². The number of amides is 1. The molecule has 0 aliphatic rings. The molecule has 5 nitrogen and oxygen atoms in total. The lowest BCUT2D eigenvalue weighted by atomic mass is 10.1. The van der Waals surface area contributed by atoms with E-state index in [0.29, 0.717) is 11.2 Å². The van der Waals surface area contributed by atoms with Gasteiger partial charge in [-0.1, -0.05) is 12.1 Å². The van der Waals surface area contributed by atoms with Crippen molar-refractivity contribution < 1.29 is 13.9 Å². The number of nitrogens with zero attached hydrogens (tertiary/aromatic N) is 1. The van der Waals surface area contributed by atoms with Gasteiger partial charge in [-0.25, -0.2) is 0 Å². The molecule has 1 amide bonds. The molecule has 2 rings (SSSR count). The van der Waals surface area contributed by atoms with Gasteiger partial charge in [0, 0.05) is 6.54 Å². The number of benzene rings is 1. The number of hydrogen-bond acceptors (Lipinski definition) is 4. The van der Waals surface area contributed by atoms with Crippen molar-refractivity contribution in [2.75, 3.05) is 27.7 Å². The van der Waals surface area contributed by atoms with Crippen LogP contribution >= 0.6 is 15.9 Å². The van der Waals surface area contributed by atoms with Crippen molar-refractivity contribution in [3.05, 3.63) is 52.4 Å². The summed E-state index contributed by atoms with van der Waals surface area (Å²) in [6.45, 7) is 0.470. The number of likely N-dealkylation sites (N-methyl/N-ethyl adjacent to an activating group) is 1. The SMILES string of the molecule is COc1cccc(C(CNC(=O)c2ccc(Br)o2)N(C)C)c1. The van der Waals surface area contributed by atoms with Crippen LogP contribution in [0.4, 0.5) is 0 Å². The van der Waals surface area contributed by atoms with Crippen LogP contribution in [-0.2, 0) is 0 Å². The predicted octanol–water partition coefficient (Wildman–Crippen LogP) is 3.08. The number of halogens is 1. The molecular formula is C16H19BrN2O3. The van der Waals surface area contributed by atoms with Crippen molar-refractivity contribution >= 4 is 21.8 Å². The first-order chi connectivity index (χ1) is 10.5. The molecule has 0 saturated heterocycles. The van der Waals surface area contributed by atoms with E-state index in [1.807, 2.05) is 43.3 Å². The molecule has 118 valence electrons. The number of nitrogens with one attached hydrogen (secondary N) is 1. The summed E-state index contributed by atoms with van der Waals surface area (Å²) in [5, 5.41) is 2.89. The van der Waals surface area contributed by atoms with Crippen LogP contribution in [0.2, 0.25) is 0 Å². The van der Waals surface area contributed by atoms with Crippen LogP contribution in [0.3, 0.4) is 0 Å². The number of carbonyl (C=O) groups is 1. The highest BCUT2D eigenvalue weighted by atomic mass is 79.9. The zero-order valence-corrected chi connectivity index (χ0v) is 14.4. The highest BCUT2D eigenvalue weighted by Gasteiger charge is 2.17. The molecule has 0 bridgehead atoms. The van der Waals surface area contributed by atoms with Crippen LogP contribution in [0.15, 0.2) is 45.5 Å². The summed E-state index contributed by atoms with van der Waals surface area (Å²) in [6, 6.07) is 11.2. The lowest BCUT2D eigenvalue weighted by Crippen LogP contribution is -2.34. The summed E-state index contributed by atoms with van der Waals surface area (Å²) in [5.41, 5.74) is 1.07. The number of hydrogen-bond donors (Lipinski definition) is 1.